The van der Waals surface area contributed by atoms with Crippen LogP contribution < -0.4 is 10.1 Å². The van der Waals surface area contributed by atoms with Gasteiger partial charge in [0.2, 0.25) is 11.8 Å². The standard InChI is InChI=1S/C18H24N2O6/c1-3-26-16-7-5-4-6-13(16)14(19-12(2)21)10-17(22)20-8-9-25-11-15(20)18(23)24/h4-7,14-15H,3,8-11H2,1-2H3,(H,19,21)(H,23,24)/t14-,15-/m1/s1. The van der Waals surface area contributed by atoms with E-state index < -0.39 is 18.1 Å². The molecule has 0 unspecified atom stereocenters. The van der Waals surface area contributed by atoms with Crippen molar-refractivity contribution >= 4 is 17.8 Å². The predicted molar refractivity (Wildman–Crippen MR) is 92.7 cm³/mol. The quantitative estimate of drug-likeness (QED) is 0.747. The number of ether oxygens (including phenoxy) is 2. The van der Waals surface area contributed by atoms with Crippen molar-refractivity contribution < 1.29 is 29.0 Å². The van der Waals surface area contributed by atoms with Gasteiger partial charge in [-0.1, -0.05) is 18.2 Å². The number of benzene rings is 1. The number of aliphatic carboxylic acids is 1. The minimum atomic E-state index is -1.11. The molecule has 2 atom stereocenters. The fourth-order valence-electron chi connectivity index (χ4n) is 2.94. The van der Waals surface area contributed by atoms with E-state index in [2.05, 4.69) is 5.32 Å². The number of morpholine rings is 1. The number of rotatable bonds is 7. The molecule has 26 heavy (non-hydrogen) atoms. The fourth-order valence-corrected chi connectivity index (χ4v) is 2.94. The van der Waals surface area contributed by atoms with Gasteiger partial charge in [-0.05, 0) is 13.0 Å². The molecule has 0 radical (unpaired) electrons. The Morgan fingerprint density at radius 2 is 2.12 bits per heavy atom. The molecule has 2 rings (SSSR count). The summed E-state index contributed by atoms with van der Waals surface area (Å²) in [5.74, 6) is -1.17. The van der Waals surface area contributed by atoms with Crippen molar-refractivity contribution in [2.24, 2.45) is 0 Å². The molecule has 8 heteroatoms. The van der Waals surface area contributed by atoms with E-state index in [0.29, 0.717) is 17.9 Å². The minimum Gasteiger partial charge on any atom is -0.494 e. The third-order valence-corrected chi connectivity index (χ3v) is 4.08. The first-order valence-corrected chi connectivity index (χ1v) is 8.52. The van der Waals surface area contributed by atoms with Gasteiger partial charge in [-0.3, -0.25) is 9.59 Å². The van der Waals surface area contributed by atoms with Crippen molar-refractivity contribution in [1.29, 1.82) is 0 Å². The summed E-state index contributed by atoms with van der Waals surface area (Å²) in [6.07, 6.45) is -0.0621. The summed E-state index contributed by atoms with van der Waals surface area (Å²) in [5.41, 5.74) is 0.679. The zero-order chi connectivity index (χ0) is 19.1. The summed E-state index contributed by atoms with van der Waals surface area (Å²) >= 11 is 0. The van der Waals surface area contributed by atoms with Gasteiger partial charge in [-0.2, -0.15) is 0 Å². The summed E-state index contributed by atoms with van der Waals surface area (Å²) in [6, 6.07) is 5.53. The number of amides is 2. The van der Waals surface area contributed by atoms with Crippen molar-refractivity contribution in [2.75, 3.05) is 26.4 Å². The van der Waals surface area contributed by atoms with Gasteiger partial charge in [0, 0.05) is 19.0 Å². The van der Waals surface area contributed by atoms with Crippen LogP contribution in [0.4, 0.5) is 0 Å². The lowest BCUT2D eigenvalue weighted by atomic mass is 10.0. The molecule has 8 nitrogen and oxygen atoms in total. The summed E-state index contributed by atoms with van der Waals surface area (Å²) in [6.45, 7) is 4.12. The second kappa shape index (κ2) is 9.19. The Balaban J connectivity index is 2.23. The molecule has 1 aromatic carbocycles. The van der Waals surface area contributed by atoms with E-state index in [-0.39, 0.29) is 38.0 Å². The molecular weight excluding hydrogens is 340 g/mol. The highest BCUT2D eigenvalue weighted by atomic mass is 16.5. The van der Waals surface area contributed by atoms with E-state index in [0.717, 1.165) is 0 Å². The SMILES string of the molecule is CCOc1ccccc1[C@@H](CC(=O)N1CCOC[C@@H]1C(=O)O)NC(C)=O. The van der Waals surface area contributed by atoms with E-state index in [1.807, 2.05) is 13.0 Å². The lowest BCUT2D eigenvalue weighted by Crippen LogP contribution is -2.53. The molecular formula is C18H24N2O6. The van der Waals surface area contributed by atoms with Gasteiger partial charge in [0.05, 0.1) is 32.3 Å². The number of hydrogen-bond donors (Lipinski definition) is 2. The Kier molecular flexibility index (Phi) is 6.97. The molecule has 0 saturated carbocycles. The smallest absolute Gasteiger partial charge is 0.328 e. The van der Waals surface area contributed by atoms with E-state index in [1.165, 1.54) is 11.8 Å². The zero-order valence-electron chi connectivity index (χ0n) is 14.9. The first-order valence-electron chi connectivity index (χ1n) is 8.52. The van der Waals surface area contributed by atoms with Gasteiger partial charge in [0.25, 0.3) is 0 Å². The highest BCUT2D eigenvalue weighted by molar-refractivity contribution is 5.85. The first-order chi connectivity index (χ1) is 12.4. The van der Waals surface area contributed by atoms with Crippen LogP contribution in [0.1, 0.15) is 31.9 Å². The maximum absolute atomic E-state index is 12.8. The van der Waals surface area contributed by atoms with Crippen LogP contribution in [0.5, 0.6) is 5.75 Å². The monoisotopic (exact) mass is 364 g/mol. The maximum atomic E-state index is 12.8. The average molecular weight is 364 g/mol. The van der Waals surface area contributed by atoms with Crippen LogP contribution in [0.3, 0.4) is 0 Å². The van der Waals surface area contributed by atoms with Crippen LogP contribution >= 0.6 is 0 Å². The summed E-state index contributed by atoms with van der Waals surface area (Å²) in [5, 5.41) is 12.1. The number of carboxylic acids is 1. The van der Waals surface area contributed by atoms with Crippen molar-refractivity contribution in [3.05, 3.63) is 29.8 Å². The van der Waals surface area contributed by atoms with E-state index in [9.17, 15) is 19.5 Å². The second-order valence-electron chi connectivity index (χ2n) is 5.94. The number of carbonyl (C=O) groups excluding carboxylic acids is 2. The molecule has 1 aliphatic rings. The normalized spacial score (nSPS) is 18.1. The molecule has 0 spiro atoms. The Morgan fingerprint density at radius 1 is 1.38 bits per heavy atom. The summed E-state index contributed by atoms with van der Waals surface area (Å²) in [7, 11) is 0. The molecule has 1 heterocycles. The highest BCUT2D eigenvalue weighted by Crippen LogP contribution is 2.28. The van der Waals surface area contributed by atoms with Crippen molar-refractivity contribution in [3.63, 3.8) is 0 Å². The third-order valence-electron chi connectivity index (χ3n) is 4.08. The molecule has 2 amide bonds. The van der Waals surface area contributed by atoms with Crippen LogP contribution in [0.25, 0.3) is 0 Å². The lowest BCUT2D eigenvalue weighted by molar-refractivity contribution is -0.158. The molecule has 0 aliphatic carbocycles. The van der Waals surface area contributed by atoms with Gasteiger partial charge in [0.1, 0.15) is 5.75 Å². The van der Waals surface area contributed by atoms with E-state index in [1.54, 1.807) is 18.2 Å². The number of para-hydroxylation sites is 1. The number of nitrogens with one attached hydrogen (secondary N) is 1. The summed E-state index contributed by atoms with van der Waals surface area (Å²) < 4.78 is 10.8. The molecule has 1 aromatic rings. The number of nitrogens with zero attached hydrogens (tertiary/aromatic N) is 1. The Morgan fingerprint density at radius 3 is 2.77 bits per heavy atom. The van der Waals surface area contributed by atoms with Gasteiger partial charge in [-0.25, -0.2) is 4.79 Å². The summed E-state index contributed by atoms with van der Waals surface area (Å²) in [4.78, 5) is 37.1. The molecule has 0 aromatic heterocycles. The molecule has 1 aliphatic heterocycles. The van der Waals surface area contributed by atoms with Crippen molar-refractivity contribution in [3.8, 4) is 5.75 Å². The Bertz CT molecular complexity index is 663. The number of carboxylic acid groups (broad SMARTS) is 1. The van der Waals surface area contributed by atoms with Crippen LogP contribution in [0.15, 0.2) is 24.3 Å². The second-order valence-corrected chi connectivity index (χ2v) is 5.94. The first kappa shape index (κ1) is 19.7. The minimum absolute atomic E-state index is 0.0403. The predicted octanol–water partition coefficient (Wildman–Crippen LogP) is 0.965. The van der Waals surface area contributed by atoms with Crippen LogP contribution in [0.2, 0.25) is 0 Å². The Labute approximate surface area is 152 Å². The van der Waals surface area contributed by atoms with Crippen LogP contribution in [-0.4, -0.2) is 60.2 Å². The average Bonchev–Trinajstić information content (AvgIpc) is 2.61. The van der Waals surface area contributed by atoms with Crippen LogP contribution in [0, 0.1) is 0 Å². The zero-order valence-corrected chi connectivity index (χ0v) is 14.9. The van der Waals surface area contributed by atoms with Gasteiger partial charge < -0.3 is 24.8 Å². The maximum Gasteiger partial charge on any atom is 0.328 e. The molecule has 1 saturated heterocycles. The third kappa shape index (κ3) is 4.95. The lowest BCUT2D eigenvalue weighted by Gasteiger charge is -2.34. The van der Waals surface area contributed by atoms with Gasteiger partial charge in [0.15, 0.2) is 6.04 Å². The fraction of sp³-hybridized carbons (Fsp3) is 0.500. The Hall–Kier alpha value is -2.61. The molecule has 142 valence electrons. The molecule has 0 bridgehead atoms. The van der Waals surface area contributed by atoms with Crippen molar-refractivity contribution in [1.82, 2.24) is 10.2 Å². The molecule has 2 N–H and O–H groups in total. The van der Waals surface area contributed by atoms with Gasteiger partial charge >= 0.3 is 5.97 Å². The highest BCUT2D eigenvalue weighted by Gasteiger charge is 2.34. The topological polar surface area (TPSA) is 105 Å². The molecule has 1 fully saturated rings. The van der Waals surface area contributed by atoms with Crippen molar-refractivity contribution in [2.45, 2.75) is 32.4 Å². The largest absolute Gasteiger partial charge is 0.494 e. The van der Waals surface area contributed by atoms with E-state index in [4.69, 9.17) is 9.47 Å². The number of hydrogen-bond acceptors (Lipinski definition) is 5. The number of carbonyl (C=O) groups is 3. The van der Waals surface area contributed by atoms with E-state index >= 15 is 0 Å². The van der Waals surface area contributed by atoms with Crippen LogP contribution in [-0.2, 0) is 19.1 Å². The van der Waals surface area contributed by atoms with Gasteiger partial charge in [-0.15, -0.1) is 0 Å².